The predicted molar refractivity (Wildman–Crippen MR) is 146 cm³/mol. The molecule has 0 heterocycles. The lowest BCUT2D eigenvalue weighted by Crippen LogP contribution is -2.51. The van der Waals surface area contributed by atoms with Crippen LogP contribution >= 0.6 is 23.2 Å². The van der Waals surface area contributed by atoms with Crippen molar-refractivity contribution in [1.29, 1.82) is 0 Å². The molecule has 5 nitrogen and oxygen atoms in total. The second-order valence-electron chi connectivity index (χ2n) is 8.78. The van der Waals surface area contributed by atoms with Crippen LogP contribution in [-0.4, -0.2) is 35.9 Å². The number of nitrogens with zero attached hydrogens (tertiary/aromatic N) is 1. The van der Waals surface area contributed by atoms with Gasteiger partial charge in [0.15, 0.2) is 6.61 Å². The molecule has 3 aromatic rings. The van der Waals surface area contributed by atoms with Crippen LogP contribution in [0.3, 0.4) is 0 Å². The van der Waals surface area contributed by atoms with Gasteiger partial charge in [0.2, 0.25) is 5.91 Å². The maximum absolute atomic E-state index is 13.7. The number of carbonyl (C=O) groups excluding carboxylic acids is 2. The highest BCUT2D eigenvalue weighted by Crippen LogP contribution is 2.27. The summed E-state index contributed by atoms with van der Waals surface area (Å²) in [5.41, 5.74) is 3.57. The zero-order valence-corrected chi connectivity index (χ0v) is 22.4. The molecule has 7 heteroatoms. The Kier molecular flexibility index (Phi) is 10.2. The first-order chi connectivity index (χ1) is 17.3. The van der Waals surface area contributed by atoms with Crippen molar-refractivity contribution in [2.24, 2.45) is 0 Å². The number of ether oxygens (including phenoxy) is 1. The number of nitrogens with one attached hydrogen (secondary N) is 1. The molecule has 0 fully saturated rings. The van der Waals surface area contributed by atoms with Crippen LogP contribution in [0.2, 0.25) is 10.0 Å². The number of carbonyl (C=O) groups is 2. The summed E-state index contributed by atoms with van der Waals surface area (Å²) in [6.07, 6.45) is 1.12. The minimum Gasteiger partial charge on any atom is -0.483 e. The number of halogens is 2. The third-order valence-electron chi connectivity index (χ3n) is 5.89. The Morgan fingerprint density at radius 2 is 1.67 bits per heavy atom. The van der Waals surface area contributed by atoms with Crippen LogP contribution in [0, 0.1) is 13.8 Å². The molecule has 2 amide bonds. The van der Waals surface area contributed by atoms with Crippen molar-refractivity contribution in [3.05, 3.63) is 99.0 Å². The summed E-state index contributed by atoms with van der Waals surface area (Å²) in [5, 5.41) is 3.82. The average molecular weight is 527 g/mol. The van der Waals surface area contributed by atoms with E-state index in [2.05, 4.69) is 5.32 Å². The minimum absolute atomic E-state index is 0.0740. The third kappa shape index (κ3) is 7.49. The Balaban J connectivity index is 1.95. The number of hydrogen-bond donors (Lipinski definition) is 1. The molecule has 36 heavy (non-hydrogen) atoms. The van der Waals surface area contributed by atoms with Gasteiger partial charge in [0.05, 0.1) is 0 Å². The predicted octanol–water partition coefficient (Wildman–Crippen LogP) is 6.16. The molecule has 3 rings (SSSR count). The van der Waals surface area contributed by atoms with E-state index in [1.807, 2.05) is 69.3 Å². The normalized spacial score (nSPS) is 11.6. The molecule has 190 valence electrons. The van der Waals surface area contributed by atoms with Gasteiger partial charge in [-0.2, -0.15) is 0 Å². The first kappa shape index (κ1) is 27.6. The highest BCUT2D eigenvalue weighted by molar-refractivity contribution is 6.36. The zero-order chi connectivity index (χ0) is 26.1. The lowest BCUT2D eigenvalue weighted by atomic mass is 10.0. The van der Waals surface area contributed by atoms with E-state index < -0.39 is 6.04 Å². The maximum Gasteiger partial charge on any atom is 0.261 e. The van der Waals surface area contributed by atoms with Crippen molar-refractivity contribution < 1.29 is 14.3 Å². The summed E-state index contributed by atoms with van der Waals surface area (Å²) in [7, 11) is 0. The van der Waals surface area contributed by atoms with Crippen molar-refractivity contribution in [3.63, 3.8) is 0 Å². The Morgan fingerprint density at radius 3 is 2.31 bits per heavy atom. The number of amides is 2. The van der Waals surface area contributed by atoms with E-state index >= 15 is 0 Å². The van der Waals surface area contributed by atoms with Crippen LogP contribution in [0.4, 0.5) is 0 Å². The summed E-state index contributed by atoms with van der Waals surface area (Å²) in [6, 6.07) is 19.8. The van der Waals surface area contributed by atoms with Gasteiger partial charge in [-0.05, 0) is 49.6 Å². The fourth-order valence-corrected chi connectivity index (χ4v) is 4.47. The highest BCUT2D eigenvalue weighted by Gasteiger charge is 2.31. The molecule has 1 atom stereocenters. The van der Waals surface area contributed by atoms with Crippen LogP contribution < -0.4 is 10.1 Å². The van der Waals surface area contributed by atoms with Gasteiger partial charge in [-0.25, -0.2) is 0 Å². The molecule has 0 spiro atoms. The van der Waals surface area contributed by atoms with Gasteiger partial charge >= 0.3 is 0 Å². The van der Waals surface area contributed by atoms with Gasteiger partial charge in [-0.1, -0.05) is 84.2 Å². The van der Waals surface area contributed by atoms with E-state index in [0.29, 0.717) is 34.3 Å². The lowest BCUT2D eigenvalue weighted by Gasteiger charge is -2.32. The molecule has 0 bridgehead atoms. The van der Waals surface area contributed by atoms with E-state index in [4.69, 9.17) is 27.9 Å². The van der Waals surface area contributed by atoms with Crippen LogP contribution in [-0.2, 0) is 22.6 Å². The molecular formula is C29H32Cl2N2O3. The molecule has 0 saturated carbocycles. The lowest BCUT2D eigenvalue weighted by molar-refractivity contribution is -0.142. The minimum atomic E-state index is -0.776. The molecule has 0 saturated heterocycles. The average Bonchev–Trinajstić information content (AvgIpc) is 2.86. The molecule has 0 aromatic heterocycles. The second kappa shape index (κ2) is 13.3. The quantitative estimate of drug-likeness (QED) is 0.325. The fourth-order valence-electron chi connectivity index (χ4n) is 3.96. The third-order valence-corrected chi connectivity index (χ3v) is 6.60. The summed E-state index contributed by atoms with van der Waals surface area (Å²) in [6.45, 7) is 6.28. The van der Waals surface area contributed by atoms with Crippen molar-refractivity contribution in [2.45, 2.75) is 46.2 Å². The molecule has 3 aromatic carbocycles. The fraction of sp³-hybridized carbons (Fsp3) is 0.310. The Labute approximate surface area is 223 Å². The van der Waals surface area contributed by atoms with Gasteiger partial charge in [-0.15, -0.1) is 0 Å². The van der Waals surface area contributed by atoms with E-state index in [0.717, 1.165) is 23.1 Å². The van der Waals surface area contributed by atoms with E-state index in [1.165, 1.54) is 4.90 Å². The first-order valence-electron chi connectivity index (χ1n) is 12.0. The zero-order valence-electron chi connectivity index (χ0n) is 20.9. The van der Waals surface area contributed by atoms with Crippen LogP contribution in [0.1, 0.15) is 35.6 Å². The molecule has 0 aliphatic rings. The van der Waals surface area contributed by atoms with Crippen LogP contribution in [0.25, 0.3) is 0 Å². The highest BCUT2D eigenvalue weighted by atomic mass is 35.5. The van der Waals surface area contributed by atoms with Crippen molar-refractivity contribution in [3.8, 4) is 5.75 Å². The van der Waals surface area contributed by atoms with E-state index in [1.54, 1.807) is 18.2 Å². The first-order valence-corrected chi connectivity index (χ1v) is 12.8. The van der Waals surface area contributed by atoms with E-state index in [9.17, 15) is 9.59 Å². The monoisotopic (exact) mass is 526 g/mol. The molecular weight excluding hydrogens is 495 g/mol. The summed E-state index contributed by atoms with van der Waals surface area (Å²) < 4.78 is 5.91. The largest absolute Gasteiger partial charge is 0.483 e. The molecule has 0 aliphatic carbocycles. The number of aryl methyl sites for hydroxylation is 2. The number of hydrogen-bond acceptors (Lipinski definition) is 3. The van der Waals surface area contributed by atoms with Gasteiger partial charge in [0.25, 0.3) is 5.91 Å². The molecule has 0 aliphatic heterocycles. The molecule has 0 radical (unpaired) electrons. The Morgan fingerprint density at radius 1 is 0.972 bits per heavy atom. The molecule has 0 unspecified atom stereocenters. The second-order valence-corrected chi connectivity index (χ2v) is 9.59. The molecule has 1 N–H and O–H groups in total. The topological polar surface area (TPSA) is 58.6 Å². The summed E-state index contributed by atoms with van der Waals surface area (Å²) in [4.78, 5) is 28.6. The van der Waals surface area contributed by atoms with Crippen molar-refractivity contribution in [2.75, 3.05) is 13.2 Å². The van der Waals surface area contributed by atoms with Gasteiger partial charge in [-0.3, -0.25) is 9.59 Å². The summed E-state index contributed by atoms with van der Waals surface area (Å²) in [5.74, 6) is 0.0574. The SMILES string of the molecule is CCCNC(=O)[C@H](Cc1ccccc1)N(Cc1c(Cl)cccc1Cl)C(=O)COc1ccc(C)cc1C. The van der Waals surface area contributed by atoms with Crippen LogP contribution in [0.5, 0.6) is 5.75 Å². The van der Waals surface area contributed by atoms with Crippen LogP contribution in [0.15, 0.2) is 66.7 Å². The number of benzene rings is 3. The van der Waals surface area contributed by atoms with Crippen molar-refractivity contribution >= 4 is 35.0 Å². The Hall–Kier alpha value is -3.02. The summed E-state index contributed by atoms with van der Waals surface area (Å²) >= 11 is 12.9. The van der Waals surface area contributed by atoms with Gasteiger partial charge in [0.1, 0.15) is 11.8 Å². The van der Waals surface area contributed by atoms with E-state index in [-0.39, 0.29) is 25.0 Å². The standard InChI is InChI=1S/C29H32Cl2N2O3/c1-4-15-32-29(35)26(17-22-9-6-5-7-10-22)33(18-23-24(30)11-8-12-25(23)31)28(34)19-36-27-14-13-20(2)16-21(27)3/h5-14,16,26H,4,15,17-19H2,1-3H3,(H,32,35)/t26-/m0/s1. The van der Waals surface area contributed by atoms with Gasteiger partial charge < -0.3 is 15.0 Å². The smallest absolute Gasteiger partial charge is 0.261 e. The number of rotatable bonds is 11. The van der Waals surface area contributed by atoms with Gasteiger partial charge in [0, 0.05) is 35.1 Å². The van der Waals surface area contributed by atoms with Crippen molar-refractivity contribution in [1.82, 2.24) is 10.2 Å². The Bertz CT molecular complexity index is 1160. The maximum atomic E-state index is 13.7.